The molecule has 1 rings (SSSR count). The molecule has 124 valence electrons. The Morgan fingerprint density at radius 3 is 2.55 bits per heavy atom. The van der Waals surface area contributed by atoms with E-state index in [0.29, 0.717) is 21.9 Å². The van der Waals surface area contributed by atoms with Gasteiger partial charge in [0.05, 0.1) is 12.0 Å². The molecule has 0 fully saturated rings. The highest BCUT2D eigenvalue weighted by Crippen LogP contribution is 2.25. The average Bonchev–Trinajstić information content (AvgIpc) is 2.48. The van der Waals surface area contributed by atoms with Gasteiger partial charge in [0, 0.05) is 21.9 Å². The van der Waals surface area contributed by atoms with E-state index in [9.17, 15) is 13.2 Å². The van der Waals surface area contributed by atoms with E-state index in [0.717, 1.165) is 25.7 Å². The van der Waals surface area contributed by atoms with Gasteiger partial charge < -0.3 is 4.74 Å². The molecular weight excluding hydrogens is 438 g/mol. The van der Waals surface area contributed by atoms with Gasteiger partial charge in [-0.25, -0.2) is 13.1 Å². The summed E-state index contributed by atoms with van der Waals surface area (Å²) in [5, 5.41) is 0. The zero-order valence-electron chi connectivity index (χ0n) is 12.3. The first-order valence-corrected chi connectivity index (χ1v) is 9.95. The largest absolute Gasteiger partial charge is 0.469 e. The number of ether oxygens (including phenoxy) is 1. The molecule has 0 saturated heterocycles. The summed E-state index contributed by atoms with van der Waals surface area (Å²) in [4.78, 5) is 11.1. The van der Waals surface area contributed by atoms with Crippen LogP contribution in [0.15, 0.2) is 32.0 Å². The van der Waals surface area contributed by atoms with Gasteiger partial charge in [-0.1, -0.05) is 28.8 Å². The predicted molar refractivity (Wildman–Crippen MR) is 92.1 cm³/mol. The zero-order valence-corrected chi connectivity index (χ0v) is 16.3. The fourth-order valence-corrected chi connectivity index (χ4v) is 4.39. The average molecular weight is 457 g/mol. The predicted octanol–water partition coefficient (Wildman–Crippen LogP) is 3.61. The molecule has 0 bridgehead atoms. The van der Waals surface area contributed by atoms with Crippen molar-refractivity contribution in [1.29, 1.82) is 0 Å². The fraction of sp³-hybridized carbons (Fsp3) is 0.500. The SMILES string of the molecule is COC(=O)CCCCCCNS(=O)(=O)c1cc(Br)ccc1Br. The number of hydrogen-bond donors (Lipinski definition) is 1. The van der Waals surface area contributed by atoms with Crippen LogP contribution >= 0.6 is 31.9 Å². The second kappa shape index (κ2) is 9.64. The highest BCUT2D eigenvalue weighted by molar-refractivity contribution is 9.11. The summed E-state index contributed by atoms with van der Waals surface area (Å²) >= 11 is 6.51. The summed E-state index contributed by atoms with van der Waals surface area (Å²) in [6.07, 6.45) is 3.63. The van der Waals surface area contributed by atoms with Crippen LogP contribution < -0.4 is 4.72 Å². The lowest BCUT2D eigenvalue weighted by Gasteiger charge is -2.09. The summed E-state index contributed by atoms with van der Waals surface area (Å²) in [5.74, 6) is -0.208. The second-order valence-corrected chi connectivity index (χ2v) is 8.22. The Bertz CT molecular complexity index is 605. The molecule has 0 amide bonds. The van der Waals surface area contributed by atoms with Crippen molar-refractivity contribution in [3.8, 4) is 0 Å². The summed E-state index contributed by atoms with van der Waals surface area (Å²) in [5.41, 5.74) is 0. The number of benzene rings is 1. The lowest BCUT2D eigenvalue weighted by atomic mass is 10.1. The molecule has 1 N–H and O–H groups in total. The number of esters is 1. The summed E-state index contributed by atoms with van der Waals surface area (Å²) in [6.45, 7) is 0.375. The number of nitrogens with one attached hydrogen (secondary N) is 1. The summed E-state index contributed by atoms with van der Waals surface area (Å²) in [6, 6.07) is 5.01. The minimum absolute atomic E-state index is 0.208. The molecule has 0 aromatic heterocycles. The Labute approximate surface area is 148 Å². The van der Waals surface area contributed by atoms with Crippen LogP contribution in [0.25, 0.3) is 0 Å². The third-order valence-corrected chi connectivity index (χ3v) is 5.96. The Balaban J connectivity index is 2.35. The molecule has 0 radical (unpaired) electrons. The van der Waals surface area contributed by atoms with Crippen LogP contribution in [0, 0.1) is 0 Å². The molecule has 22 heavy (non-hydrogen) atoms. The second-order valence-electron chi connectivity index (χ2n) is 4.71. The minimum atomic E-state index is -3.52. The summed E-state index contributed by atoms with van der Waals surface area (Å²) < 4.78 is 32.8. The van der Waals surface area contributed by atoms with E-state index in [1.165, 1.54) is 7.11 Å². The number of methoxy groups -OCH3 is 1. The topological polar surface area (TPSA) is 72.5 Å². The van der Waals surface area contributed by atoms with E-state index < -0.39 is 10.0 Å². The first-order valence-electron chi connectivity index (χ1n) is 6.88. The van der Waals surface area contributed by atoms with Crippen molar-refractivity contribution in [3.05, 3.63) is 27.1 Å². The molecule has 0 aliphatic carbocycles. The quantitative estimate of drug-likeness (QED) is 0.455. The zero-order chi connectivity index (χ0) is 16.6. The molecule has 1 aromatic rings. The maximum Gasteiger partial charge on any atom is 0.305 e. The van der Waals surface area contributed by atoms with E-state index in [2.05, 4.69) is 41.3 Å². The third-order valence-electron chi connectivity index (χ3n) is 3.01. The molecular formula is C14H19Br2NO4S. The molecule has 0 saturated carbocycles. The van der Waals surface area contributed by atoms with Gasteiger partial charge >= 0.3 is 5.97 Å². The van der Waals surface area contributed by atoms with E-state index in [1.54, 1.807) is 18.2 Å². The number of sulfonamides is 1. The van der Waals surface area contributed by atoms with Crippen molar-refractivity contribution in [3.63, 3.8) is 0 Å². The summed E-state index contributed by atoms with van der Waals surface area (Å²) in [7, 11) is -2.15. The highest BCUT2D eigenvalue weighted by Gasteiger charge is 2.17. The van der Waals surface area contributed by atoms with Crippen molar-refractivity contribution in [2.24, 2.45) is 0 Å². The van der Waals surface area contributed by atoms with Crippen molar-refractivity contribution in [2.75, 3.05) is 13.7 Å². The van der Waals surface area contributed by atoms with E-state index in [-0.39, 0.29) is 10.9 Å². The van der Waals surface area contributed by atoms with E-state index >= 15 is 0 Å². The molecule has 5 nitrogen and oxygen atoms in total. The van der Waals surface area contributed by atoms with Crippen molar-refractivity contribution in [1.82, 2.24) is 4.72 Å². The van der Waals surface area contributed by atoms with Crippen LogP contribution in [0.1, 0.15) is 32.1 Å². The van der Waals surface area contributed by atoms with Gasteiger partial charge in [-0.3, -0.25) is 4.79 Å². The smallest absolute Gasteiger partial charge is 0.305 e. The molecule has 0 atom stereocenters. The van der Waals surface area contributed by atoms with Gasteiger partial charge in [0.15, 0.2) is 0 Å². The third kappa shape index (κ3) is 6.76. The van der Waals surface area contributed by atoms with Gasteiger partial charge in [0.25, 0.3) is 0 Å². The highest BCUT2D eigenvalue weighted by atomic mass is 79.9. The normalized spacial score (nSPS) is 11.4. The molecule has 0 spiro atoms. The van der Waals surface area contributed by atoms with Crippen LogP contribution in [-0.4, -0.2) is 28.0 Å². The number of carbonyl (C=O) groups is 1. The molecule has 0 aliphatic heterocycles. The van der Waals surface area contributed by atoms with Gasteiger partial charge in [-0.05, 0) is 47.0 Å². The van der Waals surface area contributed by atoms with Crippen LogP contribution in [0.3, 0.4) is 0 Å². The standard InChI is InChI=1S/C14H19Br2NO4S/c1-21-14(18)6-4-2-3-5-9-17-22(19,20)13-10-11(15)7-8-12(13)16/h7-8,10,17H,2-6,9H2,1H3. The molecule has 0 aliphatic rings. The Morgan fingerprint density at radius 1 is 1.18 bits per heavy atom. The van der Waals surface area contributed by atoms with Crippen LogP contribution in [-0.2, 0) is 19.6 Å². The molecule has 0 unspecified atom stereocenters. The van der Waals surface area contributed by atoms with Crippen LogP contribution in [0.2, 0.25) is 0 Å². The van der Waals surface area contributed by atoms with Crippen molar-refractivity contribution < 1.29 is 17.9 Å². The Kier molecular flexibility index (Phi) is 8.59. The Hall–Kier alpha value is -0.440. The maximum absolute atomic E-state index is 12.2. The first-order chi connectivity index (χ1) is 10.4. The van der Waals surface area contributed by atoms with E-state index in [4.69, 9.17) is 0 Å². The number of unbranched alkanes of at least 4 members (excludes halogenated alkanes) is 3. The number of hydrogen-bond acceptors (Lipinski definition) is 4. The number of halogens is 2. The number of rotatable bonds is 9. The van der Waals surface area contributed by atoms with E-state index in [1.807, 2.05) is 0 Å². The molecule has 8 heteroatoms. The van der Waals surface area contributed by atoms with Crippen LogP contribution in [0.4, 0.5) is 0 Å². The van der Waals surface area contributed by atoms with Gasteiger partial charge in [0.1, 0.15) is 0 Å². The minimum Gasteiger partial charge on any atom is -0.469 e. The molecule has 0 heterocycles. The number of carbonyl (C=O) groups excluding carboxylic acids is 1. The van der Waals surface area contributed by atoms with Gasteiger partial charge in [-0.15, -0.1) is 0 Å². The lowest BCUT2D eigenvalue weighted by molar-refractivity contribution is -0.140. The molecule has 1 aromatic carbocycles. The van der Waals surface area contributed by atoms with Crippen molar-refractivity contribution in [2.45, 2.75) is 37.0 Å². The van der Waals surface area contributed by atoms with Crippen LogP contribution in [0.5, 0.6) is 0 Å². The fourth-order valence-electron chi connectivity index (χ4n) is 1.82. The van der Waals surface area contributed by atoms with Crippen molar-refractivity contribution >= 4 is 47.9 Å². The van der Waals surface area contributed by atoms with Gasteiger partial charge in [0.2, 0.25) is 10.0 Å². The van der Waals surface area contributed by atoms with Gasteiger partial charge in [-0.2, -0.15) is 0 Å². The first kappa shape index (κ1) is 19.6. The monoisotopic (exact) mass is 455 g/mol. The Morgan fingerprint density at radius 2 is 1.86 bits per heavy atom. The lowest BCUT2D eigenvalue weighted by Crippen LogP contribution is -2.25. The maximum atomic E-state index is 12.2.